The van der Waals surface area contributed by atoms with E-state index in [4.69, 9.17) is 27.9 Å². The van der Waals surface area contributed by atoms with Crippen LogP contribution in [0.15, 0.2) is 24.4 Å². The van der Waals surface area contributed by atoms with Gasteiger partial charge in [0, 0.05) is 23.2 Å². The highest BCUT2D eigenvalue weighted by atomic mass is 35.5. The standard InChI is InChI=1S/C30H36Cl2FN5O4/c1-15(39)19-6-4-16(14-42-19)35-26(40)23-21(17-8-13-34-24(32)22(17)33)30(29(38-23)11-9-28(2,3)10-12-29)18-5-7-20(31)36-25(18)37-27(30)41/h5,7-8,13,15-16,19,21,23,38-39H,4,6,9-12,14H2,1-3H3,(H,35,40)(H,36,37,41)/t15?,16-,19+,21+,23?,30-/m1/s1. The van der Waals surface area contributed by atoms with E-state index >= 15 is 4.39 Å². The lowest BCUT2D eigenvalue weighted by molar-refractivity contribution is -0.126. The highest BCUT2D eigenvalue weighted by Gasteiger charge is 2.73. The molecule has 226 valence electrons. The number of amides is 2. The Labute approximate surface area is 254 Å². The SMILES string of the molecule is CC(O)[C@@H]1CC[C@@H](NC(=O)C2NC3(CCC(C)(C)CC3)[C@@]3(C(=O)Nc4nc(Cl)ccc43)[C@H]2c2ccnc(Cl)c2F)CO1. The maximum Gasteiger partial charge on any atom is 0.238 e. The Morgan fingerprint density at radius 1 is 1.19 bits per heavy atom. The first-order valence-corrected chi connectivity index (χ1v) is 15.3. The number of carbonyl (C=O) groups excluding carboxylic acids is 2. The van der Waals surface area contributed by atoms with Gasteiger partial charge < -0.3 is 20.5 Å². The van der Waals surface area contributed by atoms with Crippen LogP contribution >= 0.6 is 23.2 Å². The van der Waals surface area contributed by atoms with Crippen molar-refractivity contribution in [3.63, 3.8) is 0 Å². The van der Waals surface area contributed by atoms with Gasteiger partial charge in [0.1, 0.15) is 16.4 Å². The van der Waals surface area contributed by atoms with Gasteiger partial charge in [0.2, 0.25) is 11.8 Å². The van der Waals surface area contributed by atoms with Gasteiger partial charge in [-0.3, -0.25) is 14.9 Å². The van der Waals surface area contributed by atoms with Gasteiger partial charge in [-0.15, -0.1) is 0 Å². The predicted molar refractivity (Wildman–Crippen MR) is 156 cm³/mol. The van der Waals surface area contributed by atoms with Crippen molar-refractivity contribution in [2.75, 3.05) is 11.9 Å². The van der Waals surface area contributed by atoms with Gasteiger partial charge in [-0.05, 0) is 68.6 Å². The maximum atomic E-state index is 16.0. The molecule has 2 unspecified atom stereocenters. The number of aromatic nitrogens is 2. The fourth-order valence-electron chi connectivity index (χ4n) is 7.75. The van der Waals surface area contributed by atoms with E-state index in [0.717, 1.165) is 12.8 Å². The zero-order valence-electron chi connectivity index (χ0n) is 23.8. The third-order valence-electron chi connectivity index (χ3n) is 10.0. The minimum atomic E-state index is -1.38. The maximum absolute atomic E-state index is 16.0. The molecule has 9 nitrogen and oxygen atoms in total. The monoisotopic (exact) mass is 619 g/mol. The molecule has 5 heterocycles. The number of aliphatic hydroxyl groups excluding tert-OH is 1. The fraction of sp³-hybridized carbons (Fsp3) is 0.600. The molecule has 2 saturated heterocycles. The van der Waals surface area contributed by atoms with Crippen molar-refractivity contribution >= 4 is 40.8 Å². The van der Waals surface area contributed by atoms with Crippen molar-refractivity contribution in [3.8, 4) is 0 Å². The second-order valence-corrected chi connectivity index (χ2v) is 13.8. The molecule has 1 saturated carbocycles. The average molecular weight is 621 g/mol. The highest BCUT2D eigenvalue weighted by molar-refractivity contribution is 6.30. The Hall–Kier alpha value is -2.37. The fourth-order valence-corrected chi connectivity index (χ4v) is 8.07. The zero-order chi connectivity index (χ0) is 30.0. The average Bonchev–Trinajstić information content (AvgIpc) is 3.40. The topological polar surface area (TPSA) is 125 Å². The molecule has 4 aliphatic rings. The third kappa shape index (κ3) is 4.61. The van der Waals surface area contributed by atoms with Crippen molar-refractivity contribution in [1.82, 2.24) is 20.6 Å². The summed E-state index contributed by atoms with van der Waals surface area (Å²) in [5.74, 6) is -2.14. The number of halogens is 3. The molecule has 3 fully saturated rings. The first-order chi connectivity index (χ1) is 19.9. The van der Waals surface area contributed by atoms with Crippen LogP contribution in [-0.4, -0.2) is 63.3 Å². The van der Waals surface area contributed by atoms with Gasteiger partial charge in [0.15, 0.2) is 11.0 Å². The number of carbonyl (C=O) groups is 2. The van der Waals surface area contributed by atoms with Crippen LogP contribution in [0.25, 0.3) is 0 Å². The van der Waals surface area contributed by atoms with Gasteiger partial charge in [-0.2, -0.15) is 0 Å². The number of aliphatic hydroxyl groups is 1. The summed E-state index contributed by atoms with van der Waals surface area (Å²) in [6.45, 7) is 6.31. The molecule has 12 heteroatoms. The smallest absolute Gasteiger partial charge is 0.238 e. The molecule has 4 N–H and O–H groups in total. The second kappa shape index (κ2) is 10.7. The van der Waals surface area contributed by atoms with Crippen LogP contribution in [0.5, 0.6) is 0 Å². The van der Waals surface area contributed by atoms with E-state index in [2.05, 4.69) is 39.8 Å². The van der Waals surface area contributed by atoms with E-state index in [9.17, 15) is 14.7 Å². The number of nitrogens with one attached hydrogen (secondary N) is 3. The van der Waals surface area contributed by atoms with Gasteiger partial charge in [0.05, 0.1) is 30.9 Å². The molecule has 2 amide bonds. The number of pyridine rings is 2. The summed E-state index contributed by atoms with van der Waals surface area (Å²) in [5.41, 5.74) is -1.52. The second-order valence-electron chi connectivity index (χ2n) is 13.0. The van der Waals surface area contributed by atoms with Crippen molar-refractivity contribution in [3.05, 3.63) is 51.6 Å². The van der Waals surface area contributed by atoms with E-state index in [1.54, 1.807) is 19.1 Å². The molecule has 0 radical (unpaired) electrons. The van der Waals surface area contributed by atoms with Crippen molar-refractivity contribution < 1.29 is 23.8 Å². The largest absolute Gasteiger partial charge is 0.391 e. The van der Waals surface area contributed by atoms with Crippen LogP contribution in [0.2, 0.25) is 10.3 Å². The number of hydrogen-bond donors (Lipinski definition) is 4. The number of hydrogen-bond acceptors (Lipinski definition) is 7. The van der Waals surface area contributed by atoms with E-state index in [-0.39, 0.29) is 51.9 Å². The third-order valence-corrected chi connectivity index (χ3v) is 10.5. The van der Waals surface area contributed by atoms with Gasteiger partial charge in [-0.1, -0.05) is 43.1 Å². The molecule has 3 aliphatic heterocycles. The summed E-state index contributed by atoms with van der Waals surface area (Å²) in [7, 11) is 0. The zero-order valence-corrected chi connectivity index (χ0v) is 25.4. The van der Waals surface area contributed by atoms with Gasteiger partial charge >= 0.3 is 0 Å². The number of nitrogens with zero attached hydrogens (tertiary/aromatic N) is 2. The molecule has 0 aromatic carbocycles. The lowest BCUT2D eigenvalue weighted by Gasteiger charge is -2.50. The first kappa shape index (κ1) is 29.7. The summed E-state index contributed by atoms with van der Waals surface area (Å²) in [6.07, 6.45) is 4.45. The summed E-state index contributed by atoms with van der Waals surface area (Å²) in [5, 5.41) is 19.5. The molecule has 1 aliphatic carbocycles. The van der Waals surface area contributed by atoms with Crippen LogP contribution < -0.4 is 16.0 Å². The van der Waals surface area contributed by atoms with Crippen LogP contribution in [-0.2, 0) is 19.7 Å². The molecular formula is C30H36Cl2FN5O4. The Balaban J connectivity index is 1.49. The molecule has 2 aromatic heterocycles. The van der Waals surface area contributed by atoms with Crippen LogP contribution in [0, 0.1) is 11.2 Å². The normalized spacial score (nSPS) is 32.0. The van der Waals surface area contributed by atoms with Crippen molar-refractivity contribution in [2.24, 2.45) is 5.41 Å². The minimum absolute atomic E-state index is 0.0329. The predicted octanol–water partition coefficient (Wildman–Crippen LogP) is 4.25. The van der Waals surface area contributed by atoms with Gasteiger partial charge in [-0.25, -0.2) is 14.4 Å². The van der Waals surface area contributed by atoms with E-state index in [1.165, 1.54) is 12.3 Å². The number of fused-ring (bicyclic) bond motifs is 3. The molecular weight excluding hydrogens is 584 g/mol. The van der Waals surface area contributed by atoms with Crippen LogP contribution in [0.1, 0.15) is 76.3 Å². The molecule has 0 bridgehead atoms. The molecule has 6 atom stereocenters. The van der Waals surface area contributed by atoms with Gasteiger partial charge in [0.25, 0.3) is 0 Å². The Kier molecular flexibility index (Phi) is 7.54. The van der Waals surface area contributed by atoms with Crippen molar-refractivity contribution in [2.45, 2.75) is 100 Å². The summed E-state index contributed by atoms with van der Waals surface area (Å²) in [4.78, 5) is 37.0. The number of rotatable bonds is 4. The number of ether oxygens (including phenoxy) is 1. The van der Waals surface area contributed by atoms with Crippen molar-refractivity contribution in [1.29, 1.82) is 0 Å². The lowest BCUT2D eigenvalue weighted by atomic mass is 9.53. The summed E-state index contributed by atoms with van der Waals surface area (Å²) >= 11 is 12.4. The van der Waals surface area contributed by atoms with E-state index < -0.39 is 34.8 Å². The highest BCUT2D eigenvalue weighted by Crippen LogP contribution is 2.63. The van der Waals surface area contributed by atoms with E-state index in [0.29, 0.717) is 37.1 Å². The Morgan fingerprint density at radius 3 is 2.60 bits per heavy atom. The quantitative estimate of drug-likeness (QED) is 0.377. The minimum Gasteiger partial charge on any atom is -0.391 e. The molecule has 6 rings (SSSR count). The number of anilines is 1. The van der Waals surface area contributed by atoms with Crippen LogP contribution in [0.3, 0.4) is 0 Å². The van der Waals surface area contributed by atoms with E-state index in [1.807, 2.05) is 0 Å². The summed E-state index contributed by atoms with van der Waals surface area (Å²) < 4.78 is 21.8. The molecule has 2 aromatic rings. The Bertz CT molecular complexity index is 1410. The Morgan fingerprint density at radius 2 is 1.93 bits per heavy atom. The van der Waals surface area contributed by atoms with Crippen LogP contribution in [0.4, 0.5) is 10.2 Å². The summed E-state index contributed by atoms with van der Waals surface area (Å²) in [6, 6.07) is 3.61. The first-order valence-electron chi connectivity index (χ1n) is 14.5. The molecule has 2 spiro atoms. The lowest BCUT2D eigenvalue weighted by Crippen LogP contribution is -2.61. The molecule has 42 heavy (non-hydrogen) atoms.